The molecule has 24 heavy (non-hydrogen) atoms. The normalized spacial score (nSPS) is 22.6. The number of phenols is 1. The molecule has 3 rings (SSSR count). The van der Waals surface area contributed by atoms with Crippen molar-refractivity contribution in [2.24, 2.45) is 5.92 Å². The molecular formula is C17H14Cl3NO3. The SMILES string of the molecule is CC1C(C(=O)O)Nc2c(Cl)cc(Cl)c(Cl)c2C1c1ccc(O)cc1. The summed E-state index contributed by atoms with van der Waals surface area (Å²) in [5.74, 6) is -1.48. The van der Waals surface area contributed by atoms with Crippen molar-refractivity contribution in [3.63, 3.8) is 0 Å². The average molecular weight is 387 g/mol. The van der Waals surface area contributed by atoms with E-state index in [4.69, 9.17) is 34.8 Å². The molecule has 1 aliphatic rings. The van der Waals surface area contributed by atoms with Crippen LogP contribution in [0.15, 0.2) is 30.3 Å². The highest BCUT2D eigenvalue weighted by atomic mass is 35.5. The number of phenolic OH excluding ortho intramolecular Hbond substituents is 1. The Hall–Kier alpha value is -1.62. The fraction of sp³-hybridized carbons (Fsp3) is 0.235. The number of anilines is 1. The van der Waals surface area contributed by atoms with Crippen molar-refractivity contribution < 1.29 is 15.0 Å². The number of hydrogen-bond donors (Lipinski definition) is 3. The summed E-state index contributed by atoms with van der Waals surface area (Å²) in [5, 5.41) is 23.0. The number of hydrogen-bond acceptors (Lipinski definition) is 3. The molecule has 1 aliphatic heterocycles. The first-order valence-electron chi connectivity index (χ1n) is 7.27. The summed E-state index contributed by atoms with van der Waals surface area (Å²) in [5.41, 5.74) is 1.98. The first-order valence-corrected chi connectivity index (χ1v) is 8.40. The summed E-state index contributed by atoms with van der Waals surface area (Å²) in [4.78, 5) is 11.7. The molecule has 0 radical (unpaired) electrons. The van der Waals surface area contributed by atoms with E-state index < -0.39 is 12.0 Å². The van der Waals surface area contributed by atoms with Crippen molar-refractivity contribution in [1.82, 2.24) is 0 Å². The maximum Gasteiger partial charge on any atom is 0.326 e. The average Bonchev–Trinajstić information content (AvgIpc) is 2.53. The fourth-order valence-corrected chi connectivity index (χ4v) is 4.03. The predicted molar refractivity (Wildman–Crippen MR) is 95.6 cm³/mol. The van der Waals surface area contributed by atoms with E-state index >= 15 is 0 Å². The van der Waals surface area contributed by atoms with Gasteiger partial charge in [-0.3, -0.25) is 0 Å². The zero-order chi connectivity index (χ0) is 17.6. The lowest BCUT2D eigenvalue weighted by Crippen LogP contribution is -2.42. The van der Waals surface area contributed by atoms with Gasteiger partial charge in [0, 0.05) is 11.5 Å². The van der Waals surface area contributed by atoms with Crippen LogP contribution < -0.4 is 5.32 Å². The van der Waals surface area contributed by atoms with Crippen LogP contribution in [-0.4, -0.2) is 22.2 Å². The van der Waals surface area contributed by atoms with E-state index in [2.05, 4.69) is 5.32 Å². The van der Waals surface area contributed by atoms with Gasteiger partial charge < -0.3 is 15.5 Å². The van der Waals surface area contributed by atoms with Crippen LogP contribution in [0.1, 0.15) is 24.0 Å². The molecule has 0 saturated carbocycles. The van der Waals surface area contributed by atoms with Crippen molar-refractivity contribution in [1.29, 1.82) is 0 Å². The summed E-state index contributed by atoms with van der Waals surface area (Å²) < 4.78 is 0. The predicted octanol–water partition coefficient (Wildman–Crippen LogP) is 5.00. The molecule has 0 aliphatic carbocycles. The van der Waals surface area contributed by atoms with Gasteiger partial charge in [0.2, 0.25) is 0 Å². The van der Waals surface area contributed by atoms with E-state index in [1.165, 1.54) is 6.07 Å². The van der Waals surface area contributed by atoms with Gasteiger partial charge in [-0.15, -0.1) is 0 Å². The highest BCUT2D eigenvalue weighted by Gasteiger charge is 2.41. The Balaban J connectivity index is 2.26. The molecular weight excluding hydrogens is 373 g/mol. The Labute approximate surface area is 154 Å². The molecule has 2 aromatic carbocycles. The second-order valence-corrected chi connectivity index (χ2v) is 7.02. The second-order valence-electron chi connectivity index (χ2n) is 5.83. The number of nitrogens with one attached hydrogen (secondary N) is 1. The summed E-state index contributed by atoms with van der Waals surface area (Å²) in [6.45, 7) is 1.83. The Kier molecular flexibility index (Phi) is 4.56. The topological polar surface area (TPSA) is 69.6 Å². The minimum Gasteiger partial charge on any atom is -0.508 e. The molecule has 0 bridgehead atoms. The second kappa shape index (κ2) is 6.36. The van der Waals surface area contributed by atoms with Gasteiger partial charge in [-0.2, -0.15) is 0 Å². The smallest absolute Gasteiger partial charge is 0.326 e. The van der Waals surface area contributed by atoms with E-state index in [1.54, 1.807) is 24.3 Å². The maximum atomic E-state index is 11.7. The number of carbonyl (C=O) groups is 1. The van der Waals surface area contributed by atoms with Crippen LogP contribution in [0, 0.1) is 5.92 Å². The number of benzene rings is 2. The number of halogens is 3. The molecule has 0 spiro atoms. The summed E-state index contributed by atoms with van der Waals surface area (Å²) >= 11 is 18.9. The minimum atomic E-state index is -0.973. The Bertz CT molecular complexity index is 808. The van der Waals surface area contributed by atoms with Crippen LogP contribution in [0.3, 0.4) is 0 Å². The van der Waals surface area contributed by atoms with Gasteiger partial charge in [0.25, 0.3) is 0 Å². The zero-order valence-electron chi connectivity index (χ0n) is 12.6. The number of fused-ring (bicyclic) bond motifs is 1. The summed E-state index contributed by atoms with van der Waals surface area (Å²) in [6, 6.07) is 7.27. The number of rotatable bonds is 2. The third-order valence-corrected chi connectivity index (χ3v) is 5.49. The van der Waals surface area contributed by atoms with Crippen LogP contribution in [-0.2, 0) is 4.79 Å². The third-order valence-electron chi connectivity index (χ3n) is 4.39. The largest absolute Gasteiger partial charge is 0.508 e. The summed E-state index contributed by atoms with van der Waals surface area (Å²) in [7, 11) is 0. The number of carboxylic acid groups (broad SMARTS) is 1. The lowest BCUT2D eigenvalue weighted by Gasteiger charge is -2.38. The van der Waals surface area contributed by atoms with Crippen molar-refractivity contribution in [3.05, 3.63) is 56.5 Å². The maximum absolute atomic E-state index is 11.7. The van der Waals surface area contributed by atoms with Crippen molar-refractivity contribution in [2.45, 2.75) is 18.9 Å². The number of carboxylic acids is 1. The Morgan fingerprint density at radius 2 is 1.75 bits per heavy atom. The highest BCUT2D eigenvalue weighted by molar-refractivity contribution is 6.44. The van der Waals surface area contributed by atoms with E-state index in [1.807, 2.05) is 6.92 Å². The van der Waals surface area contributed by atoms with Crippen molar-refractivity contribution in [3.8, 4) is 5.75 Å². The third kappa shape index (κ3) is 2.79. The monoisotopic (exact) mass is 385 g/mol. The van der Waals surface area contributed by atoms with Crippen molar-refractivity contribution in [2.75, 3.05) is 5.32 Å². The van der Waals surface area contributed by atoms with E-state index in [-0.39, 0.29) is 17.6 Å². The molecule has 0 saturated heterocycles. The highest BCUT2D eigenvalue weighted by Crippen LogP contribution is 2.50. The van der Waals surface area contributed by atoms with Gasteiger partial charge in [0.05, 0.1) is 20.8 Å². The molecule has 7 heteroatoms. The molecule has 3 unspecified atom stereocenters. The van der Waals surface area contributed by atoms with Crippen LogP contribution >= 0.6 is 34.8 Å². The van der Waals surface area contributed by atoms with Crippen LogP contribution in [0.2, 0.25) is 15.1 Å². The molecule has 0 fully saturated rings. The zero-order valence-corrected chi connectivity index (χ0v) is 14.8. The van der Waals surface area contributed by atoms with Gasteiger partial charge >= 0.3 is 5.97 Å². The minimum absolute atomic E-state index is 0.130. The van der Waals surface area contributed by atoms with E-state index in [9.17, 15) is 15.0 Å². The molecule has 2 aromatic rings. The molecule has 3 N–H and O–H groups in total. The lowest BCUT2D eigenvalue weighted by atomic mass is 9.74. The van der Waals surface area contributed by atoms with Gasteiger partial charge in [-0.05, 0) is 29.7 Å². The van der Waals surface area contributed by atoms with Gasteiger partial charge in [0.1, 0.15) is 11.8 Å². The molecule has 1 heterocycles. The molecule has 126 valence electrons. The molecule has 0 amide bonds. The lowest BCUT2D eigenvalue weighted by molar-refractivity contribution is -0.139. The van der Waals surface area contributed by atoms with E-state index in [0.717, 1.165) is 5.56 Å². The molecule has 0 aromatic heterocycles. The van der Waals surface area contributed by atoms with Crippen LogP contribution in [0.4, 0.5) is 5.69 Å². The van der Waals surface area contributed by atoms with Crippen LogP contribution in [0.5, 0.6) is 5.75 Å². The van der Waals surface area contributed by atoms with Crippen LogP contribution in [0.25, 0.3) is 0 Å². The fourth-order valence-electron chi connectivity index (χ4n) is 3.23. The number of aromatic hydroxyl groups is 1. The Morgan fingerprint density at radius 1 is 1.12 bits per heavy atom. The van der Waals surface area contributed by atoms with Gasteiger partial charge in [-0.25, -0.2) is 4.79 Å². The van der Waals surface area contributed by atoms with Gasteiger partial charge in [-0.1, -0.05) is 53.9 Å². The molecule has 3 atom stereocenters. The Morgan fingerprint density at radius 3 is 2.33 bits per heavy atom. The van der Waals surface area contributed by atoms with Gasteiger partial charge in [0.15, 0.2) is 0 Å². The molecule has 4 nitrogen and oxygen atoms in total. The standard InChI is InChI=1S/C17H14Cl3NO3/c1-7-12(8-2-4-9(22)5-3-8)13-14(20)10(18)6-11(19)16(13)21-15(7)17(23)24/h2-7,12,15,21-22H,1H3,(H,23,24). The first-order chi connectivity index (χ1) is 11.3. The number of aliphatic carboxylic acids is 1. The first kappa shape index (κ1) is 17.2. The van der Waals surface area contributed by atoms with Crippen molar-refractivity contribution >= 4 is 46.5 Å². The summed E-state index contributed by atoms with van der Waals surface area (Å²) in [6.07, 6.45) is 0. The quantitative estimate of drug-likeness (QED) is 0.635. The van der Waals surface area contributed by atoms with E-state index in [0.29, 0.717) is 26.3 Å².